The van der Waals surface area contributed by atoms with Gasteiger partial charge >= 0.3 is 6.18 Å². The van der Waals surface area contributed by atoms with E-state index in [4.69, 9.17) is 0 Å². The third-order valence-corrected chi connectivity index (χ3v) is 10.2. The minimum Gasteiger partial charge on any atom is -0.299 e. The number of halogens is 4. The predicted octanol–water partition coefficient (Wildman–Crippen LogP) is 6.29. The van der Waals surface area contributed by atoms with Crippen molar-refractivity contribution < 1.29 is 21.6 Å². The van der Waals surface area contributed by atoms with Gasteiger partial charge in [-0.1, -0.05) is 60.3 Å². The zero-order valence-electron chi connectivity index (χ0n) is 21.1. The molecule has 2 aliphatic heterocycles. The van der Waals surface area contributed by atoms with Gasteiger partial charge in [0, 0.05) is 5.69 Å². The fourth-order valence-electron chi connectivity index (χ4n) is 4.60. The molecule has 0 radical (unpaired) electrons. The molecule has 1 fully saturated rings. The second kappa shape index (κ2) is 10.3. The van der Waals surface area contributed by atoms with Crippen LogP contribution in [0.15, 0.2) is 104 Å². The highest BCUT2D eigenvalue weighted by molar-refractivity contribution is 9.10. The zero-order valence-corrected chi connectivity index (χ0v) is 24.3. The molecule has 1 saturated heterocycles. The Morgan fingerprint density at radius 1 is 0.951 bits per heavy atom. The number of benzene rings is 3. The maximum Gasteiger partial charge on any atom is 0.436 e. The van der Waals surface area contributed by atoms with Crippen molar-refractivity contribution in [3.63, 3.8) is 0 Å². The Hall–Kier alpha value is -3.62. The summed E-state index contributed by atoms with van der Waals surface area (Å²) >= 11 is 4.25. The highest BCUT2D eigenvalue weighted by Crippen LogP contribution is 2.42. The number of hydrogen-bond donors (Lipinski definition) is 1. The standard InChI is InChI=1S/C27H20BrF3N6O2S2/c1-16-21(28)24(27(29,30)31)34-37(16)19-12-14-20(15-13-19)41(38,39)35-26-36(18-10-6-3-7-11-18)25-23(40-26)22(32-33-25)17-8-4-2-5-9-17/h2-15,22-23,32H,1H3/b35-26-. The molecule has 14 heteroatoms. The predicted molar refractivity (Wildman–Crippen MR) is 156 cm³/mol. The number of para-hydroxylation sites is 1. The third-order valence-electron chi connectivity index (χ3n) is 6.59. The number of hydrazone groups is 1. The lowest BCUT2D eigenvalue weighted by atomic mass is 10.0. The lowest BCUT2D eigenvalue weighted by molar-refractivity contribution is -0.141. The van der Waals surface area contributed by atoms with Crippen LogP contribution in [0.1, 0.15) is 23.0 Å². The molecule has 1 aromatic heterocycles. The van der Waals surface area contributed by atoms with E-state index in [1.807, 2.05) is 60.7 Å². The van der Waals surface area contributed by atoms with Crippen molar-refractivity contribution in [3.8, 4) is 5.69 Å². The van der Waals surface area contributed by atoms with E-state index in [2.05, 4.69) is 36.0 Å². The van der Waals surface area contributed by atoms with Gasteiger partial charge in [-0.15, -0.1) is 4.40 Å². The summed E-state index contributed by atoms with van der Waals surface area (Å²) in [6, 6.07) is 24.2. The van der Waals surface area contributed by atoms with E-state index in [9.17, 15) is 21.6 Å². The van der Waals surface area contributed by atoms with Crippen molar-refractivity contribution in [2.75, 3.05) is 4.90 Å². The van der Waals surface area contributed by atoms with Crippen LogP contribution in [0.4, 0.5) is 18.9 Å². The van der Waals surface area contributed by atoms with Crippen LogP contribution in [-0.2, 0) is 16.2 Å². The van der Waals surface area contributed by atoms with Gasteiger partial charge in [-0.3, -0.25) is 10.3 Å². The fourth-order valence-corrected chi connectivity index (χ4v) is 7.56. The van der Waals surface area contributed by atoms with Crippen molar-refractivity contribution in [1.82, 2.24) is 15.2 Å². The number of aromatic nitrogens is 2. The molecule has 0 saturated carbocycles. The first-order chi connectivity index (χ1) is 19.5. The Labute approximate surface area is 246 Å². The smallest absolute Gasteiger partial charge is 0.299 e. The number of sulfonamides is 1. The number of rotatable bonds is 5. The molecule has 0 amide bonds. The van der Waals surface area contributed by atoms with Gasteiger partial charge in [-0.05, 0) is 64.8 Å². The van der Waals surface area contributed by atoms with Crippen LogP contribution in [0, 0.1) is 6.92 Å². The minimum absolute atomic E-state index is 0.112. The van der Waals surface area contributed by atoms with Crippen LogP contribution in [0.25, 0.3) is 5.69 Å². The average Bonchev–Trinajstić information content (AvgIpc) is 3.61. The monoisotopic (exact) mass is 660 g/mol. The van der Waals surface area contributed by atoms with Crippen molar-refractivity contribution in [2.45, 2.75) is 29.3 Å². The Morgan fingerprint density at radius 2 is 1.59 bits per heavy atom. The van der Waals surface area contributed by atoms with Gasteiger partial charge in [-0.25, -0.2) is 4.68 Å². The van der Waals surface area contributed by atoms with Crippen molar-refractivity contribution in [2.24, 2.45) is 9.50 Å². The quantitative estimate of drug-likeness (QED) is 0.271. The van der Waals surface area contributed by atoms with Crippen LogP contribution >= 0.6 is 27.7 Å². The van der Waals surface area contributed by atoms with Gasteiger partial charge in [0.05, 0.1) is 32.0 Å². The second-order valence-corrected chi connectivity index (χ2v) is 12.7. The molecule has 0 aliphatic carbocycles. The summed E-state index contributed by atoms with van der Waals surface area (Å²) in [4.78, 5) is 1.61. The molecular formula is C27H20BrF3N6O2S2. The molecule has 3 aromatic carbocycles. The van der Waals surface area contributed by atoms with Gasteiger partial charge in [0.2, 0.25) is 0 Å². The molecular weight excluding hydrogens is 641 g/mol. The van der Waals surface area contributed by atoms with Gasteiger partial charge in [-0.2, -0.15) is 31.8 Å². The summed E-state index contributed by atoms with van der Waals surface area (Å²) in [5.41, 5.74) is 4.32. The fraction of sp³-hybridized carbons (Fsp3) is 0.148. The first-order valence-electron chi connectivity index (χ1n) is 12.2. The van der Waals surface area contributed by atoms with Gasteiger partial charge in [0.1, 0.15) is 0 Å². The second-order valence-electron chi connectivity index (χ2n) is 9.20. The maximum absolute atomic E-state index is 13.5. The van der Waals surface area contributed by atoms with Crippen molar-refractivity contribution in [1.29, 1.82) is 0 Å². The summed E-state index contributed by atoms with van der Waals surface area (Å²) in [6.45, 7) is 1.48. The Balaban J connectivity index is 1.35. The van der Waals surface area contributed by atoms with E-state index in [1.165, 1.54) is 43.0 Å². The molecule has 41 heavy (non-hydrogen) atoms. The number of alkyl halides is 3. The molecule has 2 atom stereocenters. The summed E-state index contributed by atoms with van der Waals surface area (Å²) < 4.78 is 72.0. The summed E-state index contributed by atoms with van der Waals surface area (Å²) in [5, 5.41) is 8.24. The number of nitrogens with one attached hydrogen (secondary N) is 1. The summed E-state index contributed by atoms with van der Waals surface area (Å²) in [5.74, 6) is 0.638. The number of hydrogen-bond acceptors (Lipinski definition) is 6. The van der Waals surface area contributed by atoms with Gasteiger partial charge < -0.3 is 0 Å². The van der Waals surface area contributed by atoms with Gasteiger partial charge in [0.25, 0.3) is 10.0 Å². The molecule has 3 heterocycles. The molecule has 0 bridgehead atoms. The largest absolute Gasteiger partial charge is 0.436 e. The first kappa shape index (κ1) is 27.5. The topological polar surface area (TPSA) is 91.9 Å². The lowest BCUT2D eigenvalue weighted by Gasteiger charge is -2.17. The van der Waals surface area contributed by atoms with E-state index in [0.717, 1.165) is 10.2 Å². The van der Waals surface area contributed by atoms with E-state index < -0.39 is 21.9 Å². The van der Waals surface area contributed by atoms with Crippen LogP contribution in [0.5, 0.6) is 0 Å². The molecule has 2 aliphatic rings. The third kappa shape index (κ3) is 5.04. The number of fused-ring (bicyclic) bond motifs is 1. The number of thioether (sulfide) groups is 1. The highest BCUT2D eigenvalue weighted by Gasteiger charge is 2.46. The number of anilines is 1. The lowest BCUT2D eigenvalue weighted by Crippen LogP contribution is -2.32. The minimum atomic E-state index is -4.64. The van der Waals surface area contributed by atoms with Crippen molar-refractivity contribution >= 4 is 54.4 Å². The normalized spacial score (nSPS) is 19.8. The van der Waals surface area contributed by atoms with E-state index in [-0.39, 0.29) is 37.2 Å². The zero-order chi connectivity index (χ0) is 28.9. The molecule has 1 N–H and O–H groups in total. The summed E-state index contributed by atoms with van der Waals surface area (Å²) in [7, 11) is -4.20. The maximum atomic E-state index is 13.5. The van der Waals surface area contributed by atoms with E-state index in [0.29, 0.717) is 11.5 Å². The summed E-state index contributed by atoms with van der Waals surface area (Å²) in [6.07, 6.45) is -4.64. The number of amidine groups is 2. The van der Waals surface area contributed by atoms with Crippen LogP contribution in [0.3, 0.4) is 0 Å². The molecule has 0 spiro atoms. The first-order valence-corrected chi connectivity index (χ1v) is 15.3. The molecule has 210 valence electrons. The van der Waals surface area contributed by atoms with Crippen LogP contribution in [-0.4, -0.2) is 34.5 Å². The molecule has 8 nitrogen and oxygen atoms in total. The van der Waals surface area contributed by atoms with Crippen molar-refractivity contribution in [3.05, 3.63) is 106 Å². The van der Waals surface area contributed by atoms with E-state index >= 15 is 0 Å². The van der Waals surface area contributed by atoms with Crippen LogP contribution in [0.2, 0.25) is 0 Å². The van der Waals surface area contributed by atoms with E-state index in [1.54, 1.807) is 4.90 Å². The molecule has 4 aromatic rings. The molecule has 2 unspecified atom stereocenters. The highest BCUT2D eigenvalue weighted by atomic mass is 79.9. The van der Waals surface area contributed by atoms with Crippen LogP contribution < -0.4 is 10.3 Å². The average molecular weight is 662 g/mol. The Bertz CT molecular complexity index is 1780. The van der Waals surface area contributed by atoms with Gasteiger partial charge in [0.15, 0.2) is 16.7 Å². The molecule has 6 rings (SSSR count). The number of nitrogens with zero attached hydrogens (tertiary/aromatic N) is 5. The SMILES string of the molecule is Cc1c(Br)c(C(F)(F)F)nn1-c1ccc(S(=O)(=O)/N=C2\SC3C(=NNC3c3ccccc3)N2c2ccccc2)cc1. The Morgan fingerprint density at radius 3 is 2.20 bits per heavy atom. The Kier molecular flexibility index (Phi) is 6.94.